The van der Waals surface area contributed by atoms with Gasteiger partial charge in [0.05, 0.1) is 21.9 Å². The van der Waals surface area contributed by atoms with Crippen LogP contribution in [0.15, 0.2) is 54.6 Å². The molecule has 1 N–H and O–H groups in total. The molecular weight excluding hydrogens is 349 g/mol. The smallest absolute Gasteiger partial charge is 0.265 e. The molecule has 6 heteroatoms. The van der Waals surface area contributed by atoms with E-state index in [1.54, 1.807) is 18.2 Å². The van der Waals surface area contributed by atoms with Crippen molar-refractivity contribution >= 4 is 33.1 Å². The Morgan fingerprint density at radius 3 is 2.69 bits per heavy atom. The van der Waals surface area contributed by atoms with Gasteiger partial charge in [-0.15, -0.1) is 11.3 Å². The topological polar surface area (TPSA) is 46.9 Å². The third-order valence-corrected chi connectivity index (χ3v) is 5.25. The number of benzene rings is 2. The molecule has 0 radical (unpaired) electrons. The molecule has 0 aliphatic carbocycles. The van der Waals surface area contributed by atoms with Gasteiger partial charge < -0.3 is 5.32 Å². The molecule has 130 valence electrons. The van der Waals surface area contributed by atoms with Gasteiger partial charge in [0.1, 0.15) is 10.6 Å². The Labute approximate surface area is 153 Å². The predicted molar refractivity (Wildman–Crippen MR) is 103 cm³/mol. The van der Waals surface area contributed by atoms with Crippen molar-refractivity contribution < 1.29 is 9.18 Å². The van der Waals surface area contributed by atoms with Crippen LogP contribution < -0.4 is 5.32 Å². The molecule has 0 unspecified atom stereocenters. The Bertz CT molecular complexity index is 1130. The van der Waals surface area contributed by atoms with Crippen LogP contribution in [0.5, 0.6) is 0 Å². The van der Waals surface area contributed by atoms with Crippen molar-refractivity contribution in [3.63, 3.8) is 0 Å². The summed E-state index contributed by atoms with van der Waals surface area (Å²) >= 11 is 1.34. The lowest BCUT2D eigenvalue weighted by atomic mass is 10.2. The average Bonchev–Trinajstić information content (AvgIpc) is 3.18. The maximum Gasteiger partial charge on any atom is 0.265 e. The molecule has 1 amide bonds. The van der Waals surface area contributed by atoms with Gasteiger partial charge in [-0.2, -0.15) is 5.10 Å². The van der Waals surface area contributed by atoms with Gasteiger partial charge in [-0.05, 0) is 49.7 Å². The zero-order valence-corrected chi connectivity index (χ0v) is 15.1. The highest BCUT2D eigenvalue weighted by molar-refractivity contribution is 7.20. The summed E-state index contributed by atoms with van der Waals surface area (Å²) in [4.78, 5) is 14.0. The van der Waals surface area contributed by atoms with E-state index >= 15 is 0 Å². The molecule has 0 atom stereocenters. The molecule has 0 bridgehead atoms. The number of anilines is 1. The van der Waals surface area contributed by atoms with E-state index in [4.69, 9.17) is 0 Å². The lowest BCUT2D eigenvalue weighted by Gasteiger charge is -2.05. The number of aryl methyl sites for hydroxylation is 2. The van der Waals surface area contributed by atoms with E-state index in [0.717, 1.165) is 27.2 Å². The number of nitrogens with one attached hydrogen (secondary N) is 1. The second kappa shape index (κ2) is 6.38. The van der Waals surface area contributed by atoms with Crippen LogP contribution in [0.3, 0.4) is 0 Å². The molecule has 0 saturated carbocycles. The minimum Gasteiger partial charge on any atom is -0.319 e. The second-order valence-corrected chi connectivity index (χ2v) is 7.13. The van der Waals surface area contributed by atoms with Crippen molar-refractivity contribution in [2.45, 2.75) is 13.8 Å². The molecule has 4 nitrogen and oxygen atoms in total. The molecule has 2 aromatic heterocycles. The molecule has 2 aromatic carbocycles. The number of nitrogens with zero attached hydrogens (tertiary/aromatic N) is 2. The zero-order chi connectivity index (χ0) is 18.3. The summed E-state index contributed by atoms with van der Waals surface area (Å²) in [5, 5.41) is 8.15. The third-order valence-electron chi connectivity index (χ3n) is 4.14. The first-order valence-corrected chi connectivity index (χ1v) is 8.96. The number of carbonyl (C=O) groups excluding carboxylic acids is 1. The maximum atomic E-state index is 13.8. The fraction of sp³-hybridized carbons (Fsp3) is 0.100. The number of para-hydroxylation sites is 1. The van der Waals surface area contributed by atoms with E-state index in [2.05, 4.69) is 10.4 Å². The van der Waals surface area contributed by atoms with Gasteiger partial charge in [0.15, 0.2) is 0 Å². The Hall–Kier alpha value is -2.99. The lowest BCUT2D eigenvalue weighted by Crippen LogP contribution is -2.11. The molecule has 0 aliphatic heterocycles. The summed E-state index contributed by atoms with van der Waals surface area (Å²) in [6, 6.07) is 16.0. The zero-order valence-electron chi connectivity index (χ0n) is 14.3. The average molecular weight is 365 g/mol. The summed E-state index contributed by atoms with van der Waals surface area (Å²) in [6.07, 6.45) is 0. The Kier molecular flexibility index (Phi) is 4.05. The minimum atomic E-state index is -0.455. The number of halogens is 1. The highest BCUT2D eigenvalue weighted by atomic mass is 32.1. The van der Waals surface area contributed by atoms with Crippen molar-refractivity contribution in [1.29, 1.82) is 0 Å². The number of amides is 1. The summed E-state index contributed by atoms with van der Waals surface area (Å²) in [5.41, 5.74) is 3.11. The lowest BCUT2D eigenvalue weighted by molar-refractivity contribution is 0.103. The first kappa shape index (κ1) is 16.5. The third kappa shape index (κ3) is 2.88. The Morgan fingerprint density at radius 1 is 1.12 bits per heavy atom. The first-order valence-electron chi connectivity index (χ1n) is 8.15. The van der Waals surface area contributed by atoms with Gasteiger partial charge >= 0.3 is 0 Å². The number of fused-ring (bicyclic) bond motifs is 1. The van der Waals surface area contributed by atoms with Crippen LogP contribution >= 0.6 is 11.3 Å². The quantitative estimate of drug-likeness (QED) is 0.549. The van der Waals surface area contributed by atoms with Gasteiger partial charge in [0.2, 0.25) is 0 Å². The molecular formula is C20H16FN3OS. The van der Waals surface area contributed by atoms with Crippen LogP contribution in [-0.4, -0.2) is 15.7 Å². The highest BCUT2D eigenvalue weighted by Crippen LogP contribution is 2.31. The van der Waals surface area contributed by atoms with Crippen LogP contribution in [0.2, 0.25) is 0 Å². The van der Waals surface area contributed by atoms with Crippen molar-refractivity contribution in [1.82, 2.24) is 9.78 Å². The maximum absolute atomic E-state index is 13.8. The van der Waals surface area contributed by atoms with E-state index in [9.17, 15) is 9.18 Å². The Morgan fingerprint density at radius 2 is 1.92 bits per heavy atom. The molecule has 4 rings (SSSR count). The molecule has 4 aromatic rings. The van der Waals surface area contributed by atoms with Crippen LogP contribution in [0.4, 0.5) is 10.1 Å². The molecule has 26 heavy (non-hydrogen) atoms. The largest absolute Gasteiger partial charge is 0.319 e. The highest BCUT2D eigenvalue weighted by Gasteiger charge is 2.18. The molecule has 0 saturated heterocycles. The van der Waals surface area contributed by atoms with Crippen LogP contribution in [0, 0.1) is 19.7 Å². The number of hydrogen-bond donors (Lipinski definition) is 1. The van der Waals surface area contributed by atoms with E-state index in [-0.39, 0.29) is 11.6 Å². The van der Waals surface area contributed by atoms with Crippen LogP contribution in [-0.2, 0) is 0 Å². The van der Waals surface area contributed by atoms with Gasteiger partial charge in [0.25, 0.3) is 5.91 Å². The van der Waals surface area contributed by atoms with Gasteiger partial charge in [-0.25, -0.2) is 9.07 Å². The van der Waals surface area contributed by atoms with Gasteiger partial charge in [-0.1, -0.05) is 24.3 Å². The number of carbonyl (C=O) groups is 1. The van der Waals surface area contributed by atoms with Gasteiger partial charge in [-0.3, -0.25) is 4.79 Å². The molecule has 0 fully saturated rings. The summed E-state index contributed by atoms with van der Waals surface area (Å²) < 4.78 is 15.6. The predicted octanol–water partition coefficient (Wildman–Crippen LogP) is 5.10. The second-order valence-electron chi connectivity index (χ2n) is 6.10. The van der Waals surface area contributed by atoms with E-state index in [1.165, 1.54) is 17.4 Å². The number of aromatic nitrogens is 2. The van der Waals surface area contributed by atoms with Crippen molar-refractivity contribution in [3.05, 3.63) is 76.5 Å². The SMILES string of the molecule is Cc1cccc(-n2nc(C)c3cc(C(=O)Nc4ccccc4F)sc32)c1. The van der Waals surface area contributed by atoms with Gasteiger partial charge in [0, 0.05) is 5.39 Å². The summed E-state index contributed by atoms with van der Waals surface area (Å²) in [7, 11) is 0. The monoisotopic (exact) mass is 365 g/mol. The molecule has 0 spiro atoms. The summed E-state index contributed by atoms with van der Waals surface area (Å²) in [6.45, 7) is 3.94. The normalized spacial score (nSPS) is 11.0. The van der Waals surface area contributed by atoms with Crippen LogP contribution in [0.1, 0.15) is 20.9 Å². The first-order chi connectivity index (χ1) is 12.5. The summed E-state index contributed by atoms with van der Waals surface area (Å²) in [5.74, 6) is -0.782. The minimum absolute atomic E-state index is 0.173. The number of rotatable bonds is 3. The van der Waals surface area contributed by atoms with E-state index in [0.29, 0.717) is 4.88 Å². The standard InChI is InChI=1S/C20H16FN3OS/c1-12-6-5-7-14(10-12)24-20-15(13(2)23-24)11-18(26-20)19(25)22-17-9-4-3-8-16(17)21/h3-11H,1-2H3,(H,22,25). The molecule has 0 aliphatic rings. The fourth-order valence-corrected chi connectivity index (χ4v) is 3.92. The van der Waals surface area contributed by atoms with E-state index < -0.39 is 5.82 Å². The van der Waals surface area contributed by atoms with E-state index in [1.807, 2.05) is 48.9 Å². The fourth-order valence-electron chi connectivity index (χ4n) is 2.84. The van der Waals surface area contributed by atoms with Crippen molar-refractivity contribution in [2.24, 2.45) is 0 Å². The number of thiophene rings is 1. The van der Waals surface area contributed by atoms with Crippen molar-refractivity contribution in [2.75, 3.05) is 5.32 Å². The van der Waals surface area contributed by atoms with Crippen LogP contribution in [0.25, 0.3) is 15.9 Å². The number of hydrogen-bond acceptors (Lipinski definition) is 3. The van der Waals surface area contributed by atoms with Crippen molar-refractivity contribution in [3.8, 4) is 5.69 Å². The molecule has 2 heterocycles. The Balaban J connectivity index is 1.73.